The van der Waals surface area contributed by atoms with Crippen LogP contribution in [0, 0.1) is 0 Å². The lowest BCUT2D eigenvalue weighted by Gasteiger charge is -2.20. The van der Waals surface area contributed by atoms with Gasteiger partial charge in [-0.15, -0.1) is 0 Å². The molecule has 0 bridgehead atoms. The number of carboxylic acids is 1. The van der Waals surface area contributed by atoms with Crippen LogP contribution >= 0.6 is 0 Å². The lowest BCUT2D eigenvalue weighted by molar-refractivity contribution is 0.0697. The molecule has 2 rings (SSSR count). The summed E-state index contributed by atoms with van der Waals surface area (Å²) >= 11 is -2.25. The third kappa shape index (κ3) is 3.90. The highest BCUT2D eigenvalue weighted by atomic mass is 32.2. The van der Waals surface area contributed by atoms with Gasteiger partial charge in [0.25, 0.3) is 0 Å². The van der Waals surface area contributed by atoms with Crippen LogP contribution in [0.5, 0.6) is 0 Å². The van der Waals surface area contributed by atoms with Gasteiger partial charge >= 0.3 is 5.97 Å². The average molecular weight is 284 g/mol. The fraction of sp³-hybridized carbons (Fsp3) is 0.455. The zero-order valence-electron chi connectivity index (χ0n) is 10.3. The molecule has 1 aliphatic carbocycles. The van der Waals surface area contributed by atoms with Gasteiger partial charge in [0.15, 0.2) is 0 Å². The molecule has 7 nitrogen and oxygen atoms in total. The van der Waals surface area contributed by atoms with Crippen molar-refractivity contribution in [1.29, 1.82) is 0 Å². The predicted molar refractivity (Wildman–Crippen MR) is 70.0 cm³/mol. The molecule has 2 N–H and O–H groups in total. The Bertz CT molecular complexity index is 519. The largest absolute Gasteiger partial charge is 0.771 e. The molecule has 1 atom stereocenters. The molecule has 0 aliphatic heterocycles. The molecule has 1 unspecified atom stereocenters. The third-order valence-corrected chi connectivity index (χ3v) is 3.28. The molecule has 0 amide bonds. The molecule has 8 heteroatoms. The van der Waals surface area contributed by atoms with Crippen LogP contribution < -0.4 is 10.2 Å². The number of anilines is 2. The number of hydrogen-bond acceptors (Lipinski definition) is 6. The van der Waals surface area contributed by atoms with Crippen molar-refractivity contribution < 1.29 is 18.7 Å². The summed E-state index contributed by atoms with van der Waals surface area (Å²) in [4.78, 5) is 16.7. The highest BCUT2D eigenvalue weighted by molar-refractivity contribution is 7.79. The van der Waals surface area contributed by atoms with Crippen LogP contribution in [0.1, 0.15) is 23.2 Å². The van der Waals surface area contributed by atoms with E-state index in [-0.39, 0.29) is 11.4 Å². The lowest BCUT2D eigenvalue weighted by atomic mass is 10.2. The maximum absolute atomic E-state index is 11.1. The number of aromatic carboxylic acids is 1. The Labute approximate surface area is 112 Å². The zero-order chi connectivity index (χ0) is 14.0. The summed E-state index contributed by atoms with van der Waals surface area (Å²) in [5.41, 5.74) is 0.0803. The Morgan fingerprint density at radius 2 is 2.32 bits per heavy atom. The van der Waals surface area contributed by atoms with Crippen LogP contribution in [0.15, 0.2) is 12.1 Å². The summed E-state index contributed by atoms with van der Waals surface area (Å²) in [5, 5.41) is 12.2. The number of nitrogens with zero attached hydrogens (tertiary/aromatic N) is 2. The zero-order valence-corrected chi connectivity index (χ0v) is 11.1. The molecule has 0 aromatic carbocycles. The van der Waals surface area contributed by atoms with Crippen LogP contribution in [0.25, 0.3) is 0 Å². The van der Waals surface area contributed by atoms with Crippen LogP contribution in [0.4, 0.5) is 11.6 Å². The van der Waals surface area contributed by atoms with E-state index in [9.17, 15) is 13.6 Å². The van der Waals surface area contributed by atoms with E-state index in [1.165, 1.54) is 17.0 Å². The van der Waals surface area contributed by atoms with E-state index < -0.39 is 17.0 Å². The van der Waals surface area contributed by atoms with Gasteiger partial charge in [-0.3, -0.25) is 4.21 Å². The number of carboxylic acid groups (broad SMARTS) is 1. The van der Waals surface area contributed by atoms with E-state index in [0.29, 0.717) is 17.7 Å². The van der Waals surface area contributed by atoms with Gasteiger partial charge in [0, 0.05) is 13.1 Å². The van der Waals surface area contributed by atoms with E-state index in [2.05, 4.69) is 10.3 Å². The molecular formula is C11H14N3O4S-. The Balaban J connectivity index is 2.26. The molecule has 1 heterocycles. The van der Waals surface area contributed by atoms with Crippen molar-refractivity contribution in [3.05, 3.63) is 17.7 Å². The molecule has 1 saturated carbocycles. The number of carbonyl (C=O) groups is 1. The fourth-order valence-corrected chi connectivity index (χ4v) is 2.02. The van der Waals surface area contributed by atoms with Gasteiger partial charge in [0.05, 0.1) is 11.4 Å². The molecule has 0 saturated heterocycles. The van der Waals surface area contributed by atoms with Crippen LogP contribution in [-0.2, 0) is 11.1 Å². The SMILES string of the molecule is CN(CS(=O)[O-])c1cc(C(=O)O)cc(NC2CC2)n1. The van der Waals surface area contributed by atoms with E-state index in [0.717, 1.165) is 12.8 Å². The molecular weight excluding hydrogens is 270 g/mol. The Morgan fingerprint density at radius 1 is 1.63 bits per heavy atom. The molecule has 1 aliphatic rings. The maximum atomic E-state index is 11.1. The van der Waals surface area contributed by atoms with Gasteiger partial charge in [-0.1, -0.05) is 0 Å². The number of pyridine rings is 1. The maximum Gasteiger partial charge on any atom is 0.335 e. The Morgan fingerprint density at radius 3 is 2.84 bits per heavy atom. The molecule has 0 spiro atoms. The number of aromatic nitrogens is 1. The molecule has 104 valence electrons. The van der Waals surface area contributed by atoms with Crippen LogP contribution in [0.2, 0.25) is 0 Å². The highest BCUT2D eigenvalue weighted by Gasteiger charge is 2.22. The van der Waals surface area contributed by atoms with Crippen molar-refractivity contribution in [2.24, 2.45) is 0 Å². The van der Waals surface area contributed by atoms with Crippen molar-refractivity contribution in [3.63, 3.8) is 0 Å². The molecule has 19 heavy (non-hydrogen) atoms. The molecule has 1 aromatic rings. The van der Waals surface area contributed by atoms with Gasteiger partial charge in [0.2, 0.25) is 0 Å². The Hall–Kier alpha value is -1.67. The van der Waals surface area contributed by atoms with Crippen molar-refractivity contribution in [2.75, 3.05) is 23.1 Å². The third-order valence-electron chi connectivity index (χ3n) is 2.68. The number of nitrogens with one attached hydrogen (secondary N) is 1. The number of rotatable bonds is 6. The first-order valence-electron chi connectivity index (χ1n) is 5.74. The Kier molecular flexibility index (Phi) is 4.01. The summed E-state index contributed by atoms with van der Waals surface area (Å²) < 4.78 is 21.3. The normalized spacial score (nSPS) is 15.9. The summed E-state index contributed by atoms with van der Waals surface area (Å²) in [7, 11) is 1.55. The van der Waals surface area contributed by atoms with Gasteiger partial charge < -0.3 is 19.9 Å². The van der Waals surface area contributed by atoms with E-state index in [1.807, 2.05) is 0 Å². The second kappa shape index (κ2) is 5.54. The second-order valence-electron chi connectivity index (χ2n) is 4.45. The van der Waals surface area contributed by atoms with Crippen molar-refractivity contribution in [2.45, 2.75) is 18.9 Å². The molecule has 0 radical (unpaired) electrons. The summed E-state index contributed by atoms with van der Waals surface area (Å²) in [6.07, 6.45) is 2.07. The van der Waals surface area contributed by atoms with Crippen LogP contribution in [0.3, 0.4) is 0 Å². The lowest BCUT2D eigenvalue weighted by Crippen LogP contribution is -2.23. The summed E-state index contributed by atoms with van der Waals surface area (Å²) in [6.45, 7) is 0. The first-order chi connectivity index (χ1) is 8.95. The van der Waals surface area contributed by atoms with Crippen molar-refractivity contribution in [3.8, 4) is 0 Å². The predicted octanol–water partition coefficient (Wildman–Crippen LogP) is 0.627. The number of hydrogen-bond donors (Lipinski definition) is 2. The fourth-order valence-electron chi connectivity index (χ4n) is 1.57. The van der Waals surface area contributed by atoms with E-state index >= 15 is 0 Å². The first kappa shape index (κ1) is 13.8. The van der Waals surface area contributed by atoms with Gasteiger partial charge in [-0.05, 0) is 36.1 Å². The van der Waals surface area contributed by atoms with Crippen LogP contribution in [-0.4, -0.2) is 43.8 Å². The summed E-state index contributed by atoms with van der Waals surface area (Å²) in [6, 6.07) is 3.14. The quantitative estimate of drug-likeness (QED) is 0.738. The van der Waals surface area contributed by atoms with E-state index in [1.54, 1.807) is 7.05 Å². The minimum atomic E-state index is -2.25. The second-order valence-corrected chi connectivity index (χ2v) is 5.32. The smallest absolute Gasteiger partial charge is 0.335 e. The van der Waals surface area contributed by atoms with Crippen molar-refractivity contribution in [1.82, 2.24) is 4.98 Å². The van der Waals surface area contributed by atoms with E-state index in [4.69, 9.17) is 5.11 Å². The van der Waals surface area contributed by atoms with Gasteiger partial charge in [-0.2, -0.15) is 0 Å². The standard InChI is InChI=1S/C11H15N3O4S/c1-14(6-19(17)18)10-5-7(11(15)16)4-9(13-10)12-8-2-3-8/h4-5,8H,2-3,6H2,1H3,(H,12,13)(H,15,16)(H,17,18)/p-1. The minimum Gasteiger partial charge on any atom is -0.771 e. The topological polar surface area (TPSA) is 106 Å². The minimum absolute atomic E-state index is 0.0803. The summed E-state index contributed by atoms with van der Waals surface area (Å²) in [5.74, 6) is -0.536. The monoisotopic (exact) mass is 284 g/mol. The highest BCUT2D eigenvalue weighted by Crippen LogP contribution is 2.25. The molecule has 1 fully saturated rings. The van der Waals surface area contributed by atoms with Crippen molar-refractivity contribution >= 4 is 28.7 Å². The first-order valence-corrected chi connectivity index (χ1v) is 6.99. The molecule has 1 aromatic heterocycles. The van der Waals surface area contributed by atoms with Gasteiger partial charge in [0.1, 0.15) is 11.6 Å². The average Bonchev–Trinajstić information content (AvgIpc) is 3.11. The van der Waals surface area contributed by atoms with Gasteiger partial charge in [-0.25, -0.2) is 9.78 Å².